The predicted octanol–water partition coefficient (Wildman–Crippen LogP) is -0.502. The molecule has 0 aliphatic heterocycles. The Morgan fingerprint density at radius 1 is 1.71 bits per heavy atom. The van der Waals surface area contributed by atoms with Crippen LogP contribution in [0.25, 0.3) is 0 Å². The first kappa shape index (κ1) is 4.23. The summed E-state index contributed by atoms with van der Waals surface area (Å²) in [6, 6.07) is 0. The van der Waals surface area contributed by atoms with E-state index >= 15 is 0 Å². The zero-order chi connectivity index (χ0) is 5.28. The van der Waals surface area contributed by atoms with E-state index in [0.29, 0.717) is 5.82 Å². The first-order valence-electron chi connectivity index (χ1n) is 1.81. The van der Waals surface area contributed by atoms with Gasteiger partial charge in [-0.25, -0.2) is 4.68 Å². The van der Waals surface area contributed by atoms with Crippen molar-refractivity contribution in [1.29, 1.82) is 0 Å². The van der Waals surface area contributed by atoms with Crippen molar-refractivity contribution in [2.45, 2.75) is 6.92 Å². The molecule has 0 saturated carbocycles. The van der Waals surface area contributed by atoms with Crippen molar-refractivity contribution < 1.29 is 0 Å². The Balaban J connectivity index is 3.12. The number of tetrazole rings is 1. The van der Waals surface area contributed by atoms with Crippen molar-refractivity contribution >= 4 is 0 Å². The molecule has 4 heteroatoms. The van der Waals surface area contributed by atoms with E-state index in [2.05, 4.69) is 15.5 Å². The third kappa shape index (κ3) is 0.581. The molecule has 1 aromatic heterocycles. The quantitative estimate of drug-likeness (QED) is 0.437. The molecule has 0 aromatic carbocycles. The number of rotatable bonds is 0. The summed E-state index contributed by atoms with van der Waals surface area (Å²) in [5.41, 5.74) is 0. The van der Waals surface area contributed by atoms with E-state index in [1.54, 1.807) is 6.92 Å². The van der Waals surface area contributed by atoms with Gasteiger partial charge in [0.05, 0.1) is 0 Å². The van der Waals surface area contributed by atoms with Crippen LogP contribution in [-0.2, 0) is 0 Å². The van der Waals surface area contributed by atoms with E-state index in [9.17, 15) is 0 Å². The average Bonchev–Trinajstić information content (AvgIpc) is 1.91. The second-order valence-electron chi connectivity index (χ2n) is 1.17. The van der Waals surface area contributed by atoms with Crippen molar-refractivity contribution in [2.75, 3.05) is 0 Å². The van der Waals surface area contributed by atoms with E-state index in [4.69, 9.17) is 7.05 Å². The number of aryl methyl sites for hydroxylation is 1. The zero-order valence-corrected chi connectivity index (χ0v) is 3.87. The van der Waals surface area contributed by atoms with Crippen molar-refractivity contribution in [2.24, 2.45) is 0 Å². The fraction of sp³-hybridized carbons (Fsp3) is 0.333. The zero-order valence-electron chi connectivity index (χ0n) is 3.87. The summed E-state index contributed by atoms with van der Waals surface area (Å²) < 4.78 is 1.11. The second-order valence-corrected chi connectivity index (χ2v) is 1.17. The van der Waals surface area contributed by atoms with E-state index in [-0.39, 0.29) is 0 Å². The maximum atomic E-state index is 5.12. The van der Waals surface area contributed by atoms with Gasteiger partial charge in [0, 0.05) is 0 Å². The molecule has 1 heterocycles. The Morgan fingerprint density at radius 3 is 2.57 bits per heavy atom. The third-order valence-corrected chi connectivity index (χ3v) is 0.657. The first-order valence-corrected chi connectivity index (χ1v) is 1.81. The Kier molecular flexibility index (Phi) is 0.780. The maximum absolute atomic E-state index is 5.12. The lowest BCUT2D eigenvalue weighted by Crippen LogP contribution is -1.89. The van der Waals surface area contributed by atoms with Gasteiger partial charge in [-0.15, -0.1) is 5.10 Å². The van der Waals surface area contributed by atoms with Crippen LogP contribution in [0.2, 0.25) is 0 Å². The van der Waals surface area contributed by atoms with Gasteiger partial charge in [0.1, 0.15) is 12.9 Å². The Bertz CT molecular complexity index is 139. The highest BCUT2D eigenvalue weighted by molar-refractivity contribution is 4.72. The smallest absolute Gasteiger partial charge is 0.148 e. The molecule has 1 aromatic rings. The molecule has 2 radical (unpaired) electrons. The molecule has 0 amide bonds. The highest BCUT2D eigenvalue weighted by atomic mass is 15.5. The molecule has 7 heavy (non-hydrogen) atoms. The molecular weight excluding hydrogens is 92.1 g/mol. The molecule has 0 atom stereocenters. The van der Waals surface area contributed by atoms with Crippen LogP contribution in [0.4, 0.5) is 0 Å². The summed E-state index contributed by atoms with van der Waals surface area (Å²) in [6.07, 6.45) is 0. The van der Waals surface area contributed by atoms with Crippen LogP contribution in [0.15, 0.2) is 0 Å². The lowest BCUT2D eigenvalue weighted by Gasteiger charge is -1.80. The van der Waals surface area contributed by atoms with Gasteiger partial charge in [0.25, 0.3) is 0 Å². The molecule has 0 bridgehead atoms. The summed E-state index contributed by atoms with van der Waals surface area (Å²) in [5.74, 6) is 0.611. The van der Waals surface area contributed by atoms with Crippen LogP contribution >= 0.6 is 0 Å². The highest BCUT2D eigenvalue weighted by Gasteiger charge is 1.88. The second kappa shape index (κ2) is 1.29. The van der Waals surface area contributed by atoms with Gasteiger partial charge in [0.2, 0.25) is 0 Å². The highest BCUT2D eigenvalue weighted by Crippen LogP contribution is 1.79. The summed E-state index contributed by atoms with van der Waals surface area (Å²) >= 11 is 0. The number of nitrogens with zero attached hydrogens (tertiary/aromatic N) is 4. The van der Waals surface area contributed by atoms with Gasteiger partial charge < -0.3 is 0 Å². The van der Waals surface area contributed by atoms with E-state index in [1.807, 2.05) is 0 Å². The van der Waals surface area contributed by atoms with Gasteiger partial charge in [-0.05, 0) is 17.4 Å². The summed E-state index contributed by atoms with van der Waals surface area (Å²) in [6.45, 7) is 1.72. The van der Waals surface area contributed by atoms with Crippen LogP contribution in [0.3, 0.4) is 0 Å². The molecule has 0 aliphatic carbocycles. The van der Waals surface area contributed by atoms with Gasteiger partial charge in [0.15, 0.2) is 0 Å². The Hall–Kier alpha value is -0.930. The van der Waals surface area contributed by atoms with Gasteiger partial charge in [-0.2, -0.15) is 0 Å². The molecule has 0 fully saturated rings. The minimum Gasteiger partial charge on any atom is -0.222 e. The fourth-order valence-corrected chi connectivity index (χ4v) is 0.238. The summed E-state index contributed by atoms with van der Waals surface area (Å²) in [4.78, 5) is 0. The van der Waals surface area contributed by atoms with E-state index in [0.717, 1.165) is 4.68 Å². The number of aromatic nitrogens is 4. The molecular formula is C3H4N4. The minimum atomic E-state index is 0.611. The average molecular weight is 96.1 g/mol. The molecule has 0 N–H and O–H groups in total. The van der Waals surface area contributed by atoms with Crippen LogP contribution in [0.5, 0.6) is 0 Å². The Morgan fingerprint density at radius 2 is 2.43 bits per heavy atom. The molecule has 0 saturated heterocycles. The van der Waals surface area contributed by atoms with Crippen LogP contribution in [0, 0.1) is 14.0 Å². The van der Waals surface area contributed by atoms with Gasteiger partial charge >= 0.3 is 0 Å². The summed E-state index contributed by atoms with van der Waals surface area (Å²) in [5, 5.41) is 10.1. The molecule has 0 spiro atoms. The third-order valence-electron chi connectivity index (χ3n) is 0.657. The van der Waals surface area contributed by atoms with Crippen LogP contribution in [0.1, 0.15) is 5.82 Å². The summed E-state index contributed by atoms with van der Waals surface area (Å²) in [7, 11) is 5.12. The normalized spacial score (nSPS) is 9.43. The molecule has 1 rings (SSSR count). The van der Waals surface area contributed by atoms with Gasteiger partial charge in [-0.1, -0.05) is 0 Å². The topological polar surface area (TPSA) is 43.6 Å². The monoisotopic (exact) mass is 96.0 g/mol. The number of hydrogen-bond donors (Lipinski definition) is 0. The molecule has 0 aliphatic rings. The lowest BCUT2D eigenvalue weighted by molar-refractivity contribution is 0.775. The Labute approximate surface area is 41.1 Å². The number of hydrogen-bond acceptors (Lipinski definition) is 3. The first-order chi connectivity index (χ1) is 3.30. The van der Waals surface area contributed by atoms with Crippen LogP contribution in [-0.4, -0.2) is 20.2 Å². The van der Waals surface area contributed by atoms with E-state index < -0.39 is 0 Å². The van der Waals surface area contributed by atoms with Crippen molar-refractivity contribution in [3.8, 4) is 0 Å². The molecule has 0 unspecified atom stereocenters. The van der Waals surface area contributed by atoms with Crippen molar-refractivity contribution in [1.82, 2.24) is 20.2 Å². The standard InChI is InChI=1S/C3H4N4/c1-3-4-5-6-7(3)2/h2H,1H3. The van der Waals surface area contributed by atoms with Gasteiger partial charge in [-0.3, -0.25) is 0 Å². The predicted molar refractivity (Wildman–Crippen MR) is 22.3 cm³/mol. The minimum absolute atomic E-state index is 0.611. The lowest BCUT2D eigenvalue weighted by atomic mass is 10.7. The SMILES string of the molecule is [CH]n1nnnc1C. The molecule has 4 nitrogen and oxygen atoms in total. The van der Waals surface area contributed by atoms with Crippen LogP contribution < -0.4 is 0 Å². The van der Waals surface area contributed by atoms with Crippen molar-refractivity contribution in [3.63, 3.8) is 0 Å². The maximum Gasteiger partial charge on any atom is 0.148 e. The largest absolute Gasteiger partial charge is 0.222 e. The fourth-order valence-electron chi connectivity index (χ4n) is 0.238. The van der Waals surface area contributed by atoms with E-state index in [1.165, 1.54) is 0 Å². The van der Waals surface area contributed by atoms with Crippen molar-refractivity contribution in [3.05, 3.63) is 12.9 Å². The molecule has 36 valence electrons.